The molecule has 0 bridgehead atoms. The minimum Gasteiger partial charge on any atom is -0.486 e. The van der Waals surface area contributed by atoms with Crippen LogP contribution >= 0.6 is 11.6 Å². The van der Waals surface area contributed by atoms with Crippen molar-refractivity contribution in [2.75, 3.05) is 18.5 Å². The van der Waals surface area contributed by atoms with Gasteiger partial charge < -0.3 is 14.8 Å². The van der Waals surface area contributed by atoms with Crippen LogP contribution in [-0.4, -0.2) is 27.5 Å². The number of halogens is 1. The van der Waals surface area contributed by atoms with Crippen molar-refractivity contribution in [3.8, 4) is 11.5 Å². The van der Waals surface area contributed by atoms with Crippen molar-refractivity contribution in [3.05, 3.63) is 82.9 Å². The molecule has 1 amide bonds. The van der Waals surface area contributed by atoms with Crippen LogP contribution in [-0.2, 0) is 16.6 Å². The van der Waals surface area contributed by atoms with Gasteiger partial charge in [-0.1, -0.05) is 41.9 Å². The van der Waals surface area contributed by atoms with Crippen LogP contribution in [0.1, 0.15) is 15.9 Å². The summed E-state index contributed by atoms with van der Waals surface area (Å²) in [7, 11) is -3.93. The Bertz CT molecular complexity index is 1220. The average molecular weight is 459 g/mol. The zero-order valence-corrected chi connectivity index (χ0v) is 17.9. The van der Waals surface area contributed by atoms with Gasteiger partial charge >= 0.3 is 0 Å². The molecule has 0 radical (unpaired) electrons. The first kappa shape index (κ1) is 21.2. The molecule has 31 heavy (non-hydrogen) atoms. The second-order valence-electron chi connectivity index (χ2n) is 6.77. The van der Waals surface area contributed by atoms with Crippen molar-refractivity contribution in [3.63, 3.8) is 0 Å². The summed E-state index contributed by atoms with van der Waals surface area (Å²) in [5.41, 5.74) is 1.45. The quantitative estimate of drug-likeness (QED) is 0.585. The summed E-state index contributed by atoms with van der Waals surface area (Å²) in [5.74, 6) is 0.662. The van der Waals surface area contributed by atoms with Crippen LogP contribution in [0.15, 0.2) is 71.6 Å². The second kappa shape index (κ2) is 8.97. The molecule has 1 aliphatic rings. The van der Waals surface area contributed by atoms with Gasteiger partial charge in [0.1, 0.15) is 18.1 Å². The van der Waals surface area contributed by atoms with Gasteiger partial charge in [-0.2, -0.15) is 0 Å². The lowest BCUT2D eigenvalue weighted by molar-refractivity contribution is 0.102. The lowest BCUT2D eigenvalue weighted by Gasteiger charge is -2.19. The molecule has 0 unspecified atom stereocenters. The number of sulfonamides is 1. The number of carbonyl (C=O) groups is 1. The third kappa shape index (κ3) is 4.99. The van der Waals surface area contributed by atoms with Crippen molar-refractivity contribution in [2.45, 2.75) is 11.4 Å². The van der Waals surface area contributed by atoms with Gasteiger partial charge in [0.25, 0.3) is 5.91 Å². The zero-order chi connectivity index (χ0) is 21.8. The first-order chi connectivity index (χ1) is 14.9. The fourth-order valence-electron chi connectivity index (χ4n) is 3.03. The van der Waals surface area contributed by atoms with E-state index in [0.717, 1.165) is 5.56 Å². The lowest BCUT2D eigenvalue weighted by Crippen LogP contribution is -2.24. The molecule has 1 heterocycles. The molecule has 0 atom stereocenters. The van der Waals surface area contributed by atoms with Crippen LogP contribution in [0, 0.1) is 0 Å². The standard InChI is InChI=1S/C22H19ClN2O5S/c23-18-8-6-16(12-21(18)31(27,28)24-14-15-4-2-1-3-5-15)22(26)25-17-7-9-19-20(13-17)30-11-10-29-19/h1-9,12-13,24H,10-11,14H2,(H,25,26). The van der Waals surface area contributed by atoms with Crippen LogP contribution in [0.2, 0.25) is 5.02 Å². The number of fused-ring (bicyclic) bond motifs is 1. The molecule has 2 N–H and O–H groups in total. The number of anilines is 1. The zero-order valence-electron chi connectivity index (χ0n) is 16.3. The topological polar surface area (TPSA) is 93.7 Å². The van der Waals surface area contributed by atoms with Crippen LogP contribution in [0.3, 0.4) is 0 Å². The molecule has 3 aromatic carbocycles. The highest BCUT2D eigenvalue weighted by Crippen LogP contribution is 2.33. The van der Waals surface area contributed by atoms with Crippen LogP contribution in [0.4, 0.5) is 5.69 Å². The molecular weight excluding hydrogens is 440 g/mol. The summed E-state index contributed by atoms with van der Waals surface area (Å²) in [5, 5.41) is 2.76. The maximum Gasteiger partial charge on any atom is 0.255 e. The van der Waals surface area contributed by atoms with E-state index in [1.165, 1.54) is 18.2 Å². The summed E-state index contributed by atoms with van der Waals surface area (Å²) < 4.78 is 39.0. The molecule has 0 aromatic heterocycles. The van der Waals surface area contributed by atoms with Crippen molar-refractivity contribution in [1.82, 2.24) is 4.72 Å². The molecule has 0 saturated carbocycles. The van der Waals surface area contributed by atoms with Crippen LogP contribution in [0.5, 0.6) is 11.5 Å². The van der Waals surface area contributed by atoms with Crippen molar-refractivity contribution in [1.29, 1.82) is 0 Å². The number of hydrogen-bond donors (Lipinski definition) is 2. The Morgan fingerprint density at radius 3 is 2.45 bits per heavy atom. The van der Waals surface area contributed by atoms with E-state index in [-0.39, 0.29) is 22.0 Å². The highest BCUT2D eigenvalue weighted by Gasteiger charge is 2.21. The van der Waals surface area contributed by atoms with Gasteiger partial charge in [0.05, 0.1) is 5.02 Å². The monoisotopic (exact) mass is 458 g/mol. The lowest BCUT2D eigenvalue weighted by atomic mass is 10.2. The van der Waals surface area contributed by atoms with E-state index in [2.05, 4.69) is 10.0 Å². The Morgan fingerprint density at radius 1 is 0.935 bits per heavy atom. The van der Waals surface area contributed by atoms with Crippen molar-refractivity contribution >= 4 is 33.2 Å². The largest absolute Gasteiger partial charge is 0.486 e. The Balaban J connectivity index is 1.52. The number of hydrogen-bond acceptors (Lipinski definition) is 5. The molecule has 3 aromatic rings. The van der Waals surface area contributed by atoms with E-state index in [0.29, 0.717) is 30.4 Å². The summed E-state index contributed by atoms with van der Waals surface area (Å²) >= 11 is 6.13. The molecule has 1 aliphatic heterocycles. The Labute approximate surface area is 185 Å². The first-order valence-corrected chi connectivity index (χ1v) is 11.3. The van der Waals surface area contributed by atoms with Gasteiger partial charge in [0.2, 0.25) is 10.0 Å². The Morgan fingerprint density at radius 2 is 1.68 bits per heavy atom. The number of amides is 1. The maximum absolute atomic E-state index is 12.8. The number of nitrogens with one attached hydrogen (secondary N) is 2. The second-order valence-corrected chi connectivity index (χ2v) is 8.91. The van der Waals surface area contributed by atoms with E-state index >= 15 is 0 Å². The SMILES string of the molecule is O=C(Nc1ccc2c(c1)OCCO2)c1ccc(Cl)c(S(=O)(=O)NCc2ccccc2)c1. The Kier molecular flexibility index (Phi) is 6.13. The molecule has 4 rings (SSSR count). The minimum atomic E-state index is -3.93. The maximum atomic E-state index is 12.8. The highest BCUT2D eigenvalue weighted by molar-refractivity contribution is 7.89. The third-order valence-electron chi connectivity index (χ3n) is 4.59. The van der Waals surface area contributed by atoms with E-state index in [1.807, 2.05) is 18.2 Å². The van der Waals surface area contributed by atoms with Gasteiger partial charge in [-0.15, -0.1) is 0 Å². The van der Waals surface area contributed by atoms with Gasteiger partial charge in [0.15, 0.2) is 11.5 Å². The van der Waals surface area contributed by atoms with Crippen molar-refractivity contribution < 1.29 is 22.7 Å². The normalized spacial score (nSPS) is 12.9. The molecular formula is C22H19ClN2O5S. The molecule has 0 saturated heterocycles. The van der Waals surface area contributed by atoms with Crippen LogP contribution in [0.25, 0.3) is 0 Å². The van der Waals surface area contributed by atoms with E-state index in [4.69, 9.17) is 21.1 Å². The predicted molar refractivity (Wildman–Crippen MR) is 117 cm³/mol. The molecule has 0 spiro atoms. The third-order valence-corrected chi connectivity index (χ3v) is 6.47. The van der Waals surface area contributed by atoms with E-state index in [9.17, 15) is 13.2 Å². The Hall–Kier alpha value is -3.07. The summed E-state index contributed by atoms with van der Waals surface area (Å²) in [6.45, 7) is 1.00. The highest BCUT2D eigenvalue weighted by atomic mass is 35.5. The van der Waals surface area contributed by atoms with E-state index < -0.39 is 15.9 Å². The number of carbonyl (C=O) groups excluding carboxylic acids is 1. The van der Waals surface area contributed by atoms with E-state index in [1.54, 1.807) is 30.3 Å². The molecule has 0 fully saturated rings. The predicted octanol–water partition coefficient (Wildman–Crippen LogP) is 3.84. The molecule has 9 heteroatoms. The number of benzene rings is 3. The van der Waals surface area contributed by atoms with Crippen molar-refractivity contribution in [2.24, 2.45) is 0 Å². The first-order valence-electron chi connectivity index (χ1n) is 9.46. The van der Waals surface area contributed by atoms with Crippen LogP contribution < -0.4 is 19.5 Å². The molecule has 0 aliphatic carbocycles. The number of rotatable bonds is 6. The van der Waals surface area contributed by atoms with Gasteiger partial charge in [-0.3, -0.25) is 4.79 Å². The average Bonchev–Trinajstić information content (AvgIpc) is 2.78. The minimum absolute atomic E-state index is 0.0245. The van der Waals surface area contributed by atoms with Gasteiger partial charge in [-0.25, -0.2) is 13.1 Å². The summed E-state index contributed by atoms with van der Waals surface area (Å²) in [6.07, 6.45) is 0. The summed E-state index contributed by atoms with van der Waals surface area (Å²) in [6, 6.07) is 18.2. The smallest absolute Gasteiger partial charge is 0.255 e. The molecule has 160 valence electrons. The van der Waals surface area contributed by atoms with Gasteiger partial charge in [0, 0.05) is 23.9 Å². The fraction of sp³-hybridized carbons (Fsp3) is 0.136. The summed E-state index contributed by atoms with van der Waals surface area (Å²) in [4.78, 5) is 12.5. The molecule has 7 nitrogen and oxygen atoms in total. The number of ether oxygens (including phenoxy) is 2. The van der Waals surface area contributed by atoms with Gasteiger partial charge in [-0.05, 0) is 35.9 Å². The fourth-order valence-corrected chi connectivity index (χ4v) is 4.57.